The summed E-state index contributed by atoms with van der Waals surface area (Å²) >= 11 is 0. The van der Waals surface area contributed by atoms with Crippen molar-refractivity contribution in [2.75, 3.05) is 13.2 Å². The first-order valence-corrected chi connectivity index (χ1v) is 5.59. The van der Waals surface area contributed by atoms with E-state index in [1.165, 1.54) is 0 Å². The summed E-state index contributed by atoms with van der Waals surface area (Å²) in [7, 11) is 0.101. The lowest BCUT2D eigenvalue weighted by Gasteiger charge is -2.01. The molecule has 0 amide bonds. The van der Waals surface area contributed by atoms with Gasteiger partial charge >= 0.3 is 0 Å². The number of nitrogens with zero attached hydrogens (tertiary/aromatic N) is 1. The highest BCUT2D eigenvalue weighted by molar-refractivity contribution is 7.26. The molecule has 78 valence electrons. The molecule has 0 aromatic rings. The monoisotopic (exact) mass is 205 g/mol. The van der Waals surface area contributed by atoms with Crippen LogP contribution in [0.25, 0.3) is 0 Å². The van der Waals surface area contributed by atoms with E-state index in [1.54, 1.807) is 0 Å². The fourth-order valence-corrected chi connectivity index (χ4v) is 0.935. The molecule has 0 aromatic carbocycles. The van der Waals surface area contributed by atoms with Gasteiger partial charge in [-0.2, -0.15) is 5.26 Å². The van der Waals surface area contributed by atoms with E-state index >= 15 is 0 Å². The maximum Gasteiger partial charge on any atom is 0.155 e. The lowest BCUT2D eigenvalue weighted by Crippen LogP contribution is -1.87. The van der Waals surface area contributed by atoms with Crippen LogP contribution in [-0.4, -0.2) is 13.2 Å². The summed E-state index contributed by atoms with van der Waals surface area (Å²) in [5, 5.41) is 8.14. The second-order valence-electron chi connectivity index (χ2n) is 2.04. The molecule has 0 rings (SSSR count). The van der Waals surface area contributed by atoms with E-state index in [4.69, 9.17) is 14.3 Å². The molecule has 0 heterocycles. The highest BCUT2D eigenvalue weighted by Crippen LogP contribution is 2.13. The minimum absolute atomic E-state index is 0.101. The summed E-state index contributed by atoms with van der Waals surface area (Å²) in [6, 6.07) is 1.99. The zero-order valence-corrected chi connectivity index (χ0v) is 9.80. The average Bonchev–Trinajstić information content (AvgIpc) is 2.20. The van der Waals surface area contributed by atoms with Gasteiger partial charge in [-0.1, -0.05) is 27.2 Å². The summed E-state index contributed by atoms with van der Waals surface area (Å²) in [5.41, 5.74) is 0. The molecule has 0 saturated heterocycles. The Balaban J connectivity index is 0. The van der Waals surface area contributed by atoms with Crippen molar-refractivity contribution in [3.8, 4) is 6.07 Å². The molecule has 0 saturated carbocycles. The third-order valence-corrected chi connectivity index (χ3v) is 1.68. The predicted octanol–water partition coefficient (Wildman–Crippen LogP) is 3.27. The first kappa shape index (κ1) is 15.3. The van der Waals surface area contributed by atoms with Gasteiger partial charge in [0.25, 0.3) is 0 Å². The van der Waals surface area contributed by atoms with E-state index in [1.807, 2.05) is 19.9 Å². The van der Waals surface area contributed by atoms with Gasteiger partial charge in [0.05, 0.1) is 25.7 Å². The van der Waals surface area contributed by atoms with Crippen LogP contribution >= 0.6 is 9.03 Å². The van der Waals surface area contributed by atoms with Crippen LogP contribution in [0.3, 0.4) is 0 Å². The van der Waals surface area contributed by atoms with E-state index in [-0.39, 0.29) is 9.03 Å². The van der Waals surface area contributed by atoms with Crippen molar-refractivity contribution in [1.29, 1.82) is 5.26 Å². The molecule has 1 unspecified atom stereocenters. The smallest absolute Gasteiger partial charge is 0.155 e. The Kier molecular flexibility index (Phi) is 21.0. The van der Waals surface area contributed by atoms with Gasteiger partial charge in [0, 0.05) is 0 Å². The van der Waals surface area contributed by atoms with Crippen LogP contribution in [0.2, 0.25) is 0 Å². The normalized spacial score (nSPS) is 9.38. The van der Waals surface area contributed by atoms with Crippen molar-refractivity contribution in [2.45, 2.75) is 40.0 Å². The Morgan fingerprint density at radius 2 is 1.85 bits per heavy atom. The molecule has 0 aliphatic carbocycles. The maximum atomic E-state index is 8.14. The topological polar surface area (TPSA) is 42.2 Å². The van der Waals surface area contributed by atoms with Gasteiger partial charge in [0.1, 0.15) is 0 Å². The van der Waals surface area contributed by atoms with Crippen molar-refractivity contribution in [2.24, 2.45) is 0 Å². The van der Waals surface area contributed by atoms with Crippen LogP contribution in [0.5, 0.6) is 0 Å². The van der Waals surface area contributed by atoms with Crippen LogP contribution in [0, 0.1) is 11.3 Å². The molecular formula is C9H20NO2P. The van der Waals surface area contributed by atoms with E-state index in [0.717, 1.165) is 19.4 Å². The molecule has 13 heavy (non-hydrogen) atoms. The van der Waals surface area contributed by atoms with Crippen LogP contribution in [-0.2, 0) is 9.05 Å². The predicted molar refractivity (Wildman–Crippen MR) is 56.7 cm³/mol. The quantitative estimate of drug-likeness (QED) is 0.473. The molecule has 4 heteroatoms. The highest BCUT2D eigenvalue weighted by Gasteiger charge is 1.87. The van der Waals surface area contributed by atoms with Gasteiger partial charge in [-0.05, 0) is 6.42 Å². The minimum Gasteiger partial charge on any atom is -0.336 e. The SMILES string of the molecule is CC.CCCCOPOCCC#N. The van der Waals surface area contributed by atoms with Gasteiger partial charge < -0.3 is 9.05 Å². The lowest BCUT2D eigenvalue weighted by molar-refractivity contribution is 0.267. The van der Waals surface area contributed by atoms with Crippen LogP contribution < -0.4 is 0 Å². The molecule has 0 fully saturated rings. The Labute approximate surface area is 83.4 Å². The Bertz CT molecular complexity index is 115. The van der Waals surface area contributed by atoms with E-state index in [2.05, 4.69) is 6.92 Å². The van der Waals surface area contributed by atoms with Gasteiger partial charge in [-0.25, -0.2) is 0 Å². The first-order valence-electron chi connectivity index (χ1n) is 4.77. The zero-order valence-electron chi connectivity index (χ0n) is 8.80. The molecule has 0 bridgehead atoms. The number of rotatable bonds is 7. The van der Waals surface area contributed by atoms with Crippen LogP contribution in [0.4, 0.5) is 0 Å². The fourth-order valence-electron chi connectivity index (χ4n) is 0.438. The third kappa shape index (κ3) is 18.7. The van der Waals surface area contributed by atoms with Gasteiger partial charge in [0.15, 0.2) is 9.03 Å². The van der Waals surface area contributed by atoms with Crippen molar-refractivity contribution in [3.63, 3.8) is 0 Å². The van der Waals surface area contributed by atoms with E-state index in [9.17, 15) is 0 Å². The molecule has 0 aliphatic rings. The second-order valence-corrected chi connectivity index (χ2v) is 2.79. The number of hydrogen-bond donors (Lipinski definition) is 0. The average molecular weight is 205 g/mol. The molecule has 3 nitrogen and oxygen atoms in total. The summed E-state index contributed by atoms with van der Waals surface area (Å²) < 4.78 is 10.1. The molecular weight excluding hydrogens is 185 g/mol. The molecule has 0 aliphatic heterocycles. The van der Waals surface area contributed by atoms with E-state index < -0.39 is 0 Å². The van der Waals surface area contributed by atoms with Crippen LogP contribution in [0.1, 0.15) is 40.0 Å². The summed E-state index contributed by atoms with van der Waals surface area (Å²) in [4.78, 5) is 0. The molecule has 0 radical (unpaired) electrons. The number of unbranched alkanes of at least 4 members (excludes halogenated alkanes) is 1. The Morgan fingerprint density at radius 1 is 1.23 bits per heavy atom. The highest BCUT2D eigenvalue weighted by atomic mass is 31.1. The Hall–Kier alpha value is -0.160. The van der Waals surface area contributed by atoms with Crippen LogP contribution in [0.15, 0.2) is 0 Å². The Morgan fingerprint density at radius 3 is 2.38 bits per heavy atom. The molecule has 0 spiro atoms. The molecule has 1 atom stereocenters. The van der Waals surface area contributed by atoms with Crippen molar-refractivity contribution < 1.29 is 9.05 Å². The summed E-state index contributed by atoms with van der Waals surface area (Å²) in [6.07, 6.45) is 2.67. The number of hydrogen-bond acceptors (Lipinski definition) is 3. The van der Waals surface area contributed by atoms with Crippen molar-refractivity contribution in [3.05, 3.63) is 0 Å². The first-order chi connectivity index (χ1) is 6.41. The molecule has 0 N–H and O–H groups in total. The maximum absolute atomic E-state index is 8.14. The van der Waals surface area contributed by atoms with Gasteiger partial charge in [0.2, 0.25) is 0 Å². The second kappa shape index (κ2) is 17.8. The van der Waals surface area contributed by atoms with Crippen molar-refractivity contribution in [1.82, 2.24) is 0 Å². The summed E-state index contributed by atoms with van der Waals surface area (Å²) in [5.74, 6) is 0. The fraction of sp³-hybridized carbons (Fsp3) is 0.889. The lowest BCUT2D eigenvalue weighted by atomic mass is 10.4. The minimum atomic E-state index is 0.101. The number of nitriles is 1. The summed E-state index contributed by atoms with van der Waals surface area (Å²) in [6.45, 7) is 7.37. The van der Waals surface area contributed by atoms with Gasteiger partial charge in [-0.3, -0.25) is 0 Å². The zero-order chi connectivity index (χ0) is 10.4. The standard InChI is InChI=1S/C7H14NO2P.C2H6/c1-2-3-6-9-11-10-7-4-5-8;1-2/h11H,2-4,6-7H2,1H3;1-2H3. The van der Waals surface area contributed by atoms with E-state index in [0.29, 0.717) is 13.0 Å². The van der Waals surface area contributed by atoms with Gasteiger partial charge in [-0.15, -0.1) is 0 Å². The largest absolute Gasteiger partial charge is 0.336 e. The third-order valence-electron chi connectivity index (χ3n) is 1.03. The van der Waals surface area contributed by atoms with Crippen molar-refractivity contribution >= 4 is 9.03 Å². The molecule has 0 aromatic heterocycles.